The van der Waals surface area contributed by atoms with Gasteiger partial charge in [0, 0.05) is 31.3 Å². The molecule has 3 heterocycles. The monoisotopic (exact) mass is 435 g/mol. The van der Waals surface area contributed by atoms with E-state index in [9.17, 15) is 5.11 Å². The van der Waals surface area contributed by atoms with Crippen LogP contribution in [0.1, 0.15) is 22.7 Å². The zero-order chi connectivity index (χ0) is 20.5. The number of aliphatic hydroxyl groups excluding tert-OH is 1. The van der Waals surface area contributed by atoms with Gasteiger partial charge < -0.3 is 5.11 Å². The Morgan fingerprint density at radius 2 is 1.97 bits per heavy atom. The third kappa shape index (κ3) is 3.98. The van der Waals surface area contributed by atoms with Gasteiger partial charge in [-0.3, -0.25) is 9.88 Å². The van der Waals surface area contributed by atoms with Gasteiger partial charge in [-0.05, 0) is 23.6 Å². The van der Waals surface area contributed by atoms with Crippen LogP contribution in [0.3, 0.4) is 0 Å². The van der Waals surface area contributed by atoms with Crippen molar-refractivity contribution < 1.29 is 5.11 Å². The van der Waals surface area contributed by atoms with Crippen LogP contribution >= 0.6 is 22.9 Å². The molecule has 0 amide bonds. The first-order valence-electron chi connectivity index (χ1n) is 10.1. The molecule has 1 aliphatic heterocycles. The molecule has 1 atom stereocenters. The molecule has 30 heavy (non-hydrogen) atoms. The summed E-state index contributed by atoms with van der Waals surface area (Å²) in [6.07, 6.45) is 3.13. The number of hydrogen-bond donors (Lipinski definition) is 1. The molecule has 0 unspecified atom stereocenters. The van der Waals surface area contributed by atoms with E-state index in [4.69, 9.17) is 16.6 Å². The first-order valence-corrected chi connectivity index (χ1v) is 11.3. The highest BCUT2D eigenvalue weighted by molar-refractivity contribution is 7.18. The highest BCUT2D eigenvalue weighted by Gasteiger charge is 2.21. The average molecular weight is 436 g/mol. The van der Waals surface area contributed by atoms with Crippen molar-refractivity contribution in [1.82, 2.24) is 14.9 Å². The third-order valence-electron chi connectivity index (χ3n) is 5.56. The number of nitrogens with zero attached hydrogens (tertiary/aromatic N) is 3. The van der Waals surface area contributed by atoms with Crippen LogP contribution in [0.5, 0.6) is 0 Å². The van der Waals surface area contributed by atoms with E-state index in [0.29, 0.717) is 6.42 Å². The average Bonchev–Trinajstić information content (AvgIpc) is 3.36. The van der Waals surface area contributed by atoms with Crippen molar-refractivity contribution in [3.05, 3.63) is 82.1 Å². The molecule has 2 aromatic heterocycles. The van der Waals surface area contributed by atoms with Crippen LogP contribution in [0, 0.1) is 0 Å². The largest absolute Gasteiger partial charge is 0.392 e. The minimum atomic E-state index is -0.212. The minimum Gasteiger partial charge on any atom is -0.392 e. The number of halogens is 1. The zero-order valence-electron chi connectivity index (χ0n) is 16.5. The molecule has 5 rings (SSSR count). The Labute approximate surface area is 184 Å². The molecule has 0 radical (unpaired) electrons. The number of aromatic nitrogens is 2. The Bertz CT molecular complexity index is 1180. The number of fused-ring (bicyclic) bond motifs is 1. The van der Waals surface area contributed by atoms with Gasteiger partial charge in [-0.1, -0.05) is 60.1 Å². The fourth-order valence-corrected chi connectivity index (χ4v) is 5.36. The highest BCUT2D eigenvalue weighted by Crippen LogP contribution is 2.33. The van der Waals surface area contributed by atoms with Crippen molar-refractivity contribution in [3.8, 4) is 11.1 Å². The third-order valence-corrected chi connectivity index (χ3v) is 7.01. The number of benzene rings is 2. The molecule has 0 saturated carbocycles. The van der Waals surface area contributed by atoms with E-state index in [0.717, 1.165) is 68.7 Å². The van der Waals surface area contributed by atoms with E-state index in [-0.39, 0.29) is 6.10 Å². The smallest absolute Gasteiger partial charge is 0.108 e. The van der Waals surface area contributed by atoms with Crippen LogP contribution in [0.2, 0.25) is 5.02 Å². The highest BCUT2D eigenvalue weighted by atomic mass is 35.5. The molecule has 152 valence electrons. The second-order valence-corrected chi connectivity index (χ2v) is 9.20. The summed E-state index contributed by atoms with van der Waals surface area (Å²) in [4.78, 5) is 11.8. The van der Waals surface area contributed by atoms with Crippen LogP contribution < -0.4 is 0 Å². The number of β-amino-alcohol motifs (C(OH)–C–C–N with tert-alkyl or cyclic N) is 1. The van der Waals surface area contributed by atoms with Gasteiger partial charge in [0.05, 0.1) is 28.1 Å². The van der Waals surface area contributed by atoms with Crippen LogP contribution in [0.15, 0.2) is 60.8 Å². The van der Waals surface area contributed by atoms with E-state index in [1.165, 1.54) is 0 Å². The van der Waals surface area contributed by atoms with Crippen molar-refractivity contribution in [1.29, 1.82) is 0 Å². The molecule has 1 aliphatic rings. The fraction of sp³-hybridized carbons (Fsp3) is 0.250. The lowest BCUT2D eigenvalue weighted by Crippen LogP contribution is -2.21. The maximum atomic E-state index is 9.78. The van der Waals surface area contributed by atoms with Crippen LogP contribution in [-0.4, -0.2) is 39.2 Å². The second-order valence-electron chi connectivity index (χ2n) is 7.71. The molecule has 6 heteroatoms. The Kier molecular flexibility index (Phi) is 5.52. The molecule has 0 bridgehead atoms. The first-order chi connectivity index (χ1) is 14.7. The summed E-state index contributed by atoms with van der Waals surface area (Å²) in [6.45, 7) is 2.42. The van der Waals surface area contributed by atoms with E-state index in [1.807, 2.05) is 30.5 Å². The van der Waals surface area contributed by atoms with Crippen molar-refractivity contribution in [3.63, 3.8) is 0 Å². The Balaban J connectivity index is 1.44. The van der Waals surface area contributed by atoms with Crippen LogP contribution in [-0.2, 0) is 13.0 Å². The summed E-state index contributed by atoms with van der Waals surface area (Å²) < 4.78 is 1.14. The van der Waals surface area contributed by atoms with E-state index >= 15 is 0 Å². The standard InChI is InChI=1S/C24H22ClN3OS/c25-23-17(7-4-8-19(23)16-5-2-1-3-6-16)13-20-24-21(9-11-26-20)30-22(27-24)15-28-12-10-18(29)14-28/h1-9,11,18,29H,10,12-15H2/t18-/m1/s1. The van der Waals surface area contributed by atoms with Gasteiger partial charge in [0.15, 0.2) is 0 Å². The van der Waals surface area contributed by atoms with Gasteiger partial charge in [-0.25, -0.2) is 4.98 Å². The maximum Gasteiger partial charge on any atom is 0.108 e. The molecule has 2 aromatic carbocycles. The maximum absolute atomic E-state index is 9.78. The van der Waals surface area contributed by atoms with E-state index in [1.54, 1.807) is 11.3 Å². The molecule has 4 aromatic rings. The minimum absolute atomic E-state index is 0.212. The Hall–Kier alpha value is -2.31. The van der Waals surface area contributed by atoms with Gasteiger partial charge in [0.1, 0.15) is 10.5 Å². The number of likely N-dealkylation sites (tertiary alicyclic amines) is 1. The predicted molar refractivity (Wildman–Crippen MR) is 123 cm³/mol. The van der Waals surface area contributed by atoms with Gasteiger partial charge in [0.2, 0.25) is 0 Å². The van der Waals surface area contributed by atoms with Gasteiger partial charge in [-0.15, -0.1) is 11.3 Å². The summed E-state index contributed by atoms with van der Waals surface area (Å²) >= 11 is 8.51. The summed E-state index contributed by atoms with van der Waals surface area (Å²) in [5, 5.41) is 11.6. The molecule has 4 nitrogen and oxygen atoms in total. The number of pyridine rings is 1. The molecular weight excluding hydrogens is 414 g/mol. The van der Waals surface area contributed by atoms with E-state index < -0.39 is 0 Å². The molecule has 0 spiro atoms. The Morgan fingerprint density at radius 3 is 2.77 bits per heavy atom. The topological polar surface area (TPSA) is 49.2 Å². The summed E-state index contributed by atoms with van der Waals surface area (Å²) in [5.74, 6) is 0. The zero-order valence-corrected chi connectivity index (χ0v) is 18.0. The van der Waals surface area contributed by atoms with Crippen LogP contribution in [0.25, 0.3) is 21.3 Å². The van der Waals surface area contributed by atoms with Crippen molar-refractivity contribution in [2.45, 2.75) is 25.5 Å². The number of hydrogen-bond acceptors (Lipinski definition) is 5. The number of aliphatic hydroxyl groups is 1. The molecule has 1 N–H and O–H groups in total. The van der Waals surface area contributed by atoms with Crippen molar-refractivity contribution in [2.75, 3.05) is 13.1 Å². The summed E-state index contributed by atoms with van der Waals surface area (Å²) in [6, 6.07) is 18.4. The molecule has 1 saturated heterocycles. The summed E-state index contributed by atoms with van der Waals surface area (Å²) in [7, 11) is 0. The van der Waals surface area contributed by atoms with Gasteiger partial charge in [0.25, 0.3) is 0 Å². The SMILES string of the molecule is O[C@@H]1CCN(Cc2nc3c(Cc4cccc(-c5ccccc5)c4Cl)nccc3s2)C1. The number of thiazole rings is 1. The lowest BCUT2D eigenvalue weighted by molar-refractivity contribution is 0.175. The van der Waals surface area contributed by atoms with E-state index in [2.05, 4.69) is 40.2 Å². The predicted octanol–water partition coefficient (Wildman–Crippen LogP) is 5.17. The number of rotatable bonds is 5. The second kappa shape index (κ2) is 8.44. The summed E-state index contributed by atoms with van der Waals surface area (Å²) in [5.41, 5.74) is 5.10. The van der Waals surface area contributed by atoms with Gasteiger partial charge in [-0.2, -0.15) is 0 Å². The molecular formula is C24H22ClN3OS. The normalized spacial score (nSPS) is 17.1. The van der Waals surface area contributed by atoms with Crippen molar-refractivity contribution >= 4 is 33.2 Å². The van der Waals surface area contributed by atoms with Gasteiger partial charge >= 0.3 is 0 Å². The van der Waals surface area contributed by atoms with Crippen LogP contribution in [0.4, 0.5) is 0 Å². The Morgan fingerprint density at radius 1 is 1.10 bits per heavy atom. The lowest BCUT2D eigenvalue weighted by atomic mass is 10.0. The fourth-order valence-electron chi connectivity index (χ4n) is 4.04. The van der Waals surface area contributed by atoms with Crippen molar-refractivity contribution in [2.24, 2.45) is 0 Å². The quantitative estimate of drug-likeness (QED) is 0.470. The first kappa shape index (κ1) is 19.6. The molecule has 0 aliphatic carbocycles. The lowest BCUT2D eigenvalue weighted by Gasteiger charge is -2.12. The molecule has 1 fully saturated rings.